The molecule has 2 N–H and O–H groups in total. The molecule has 0 aliphatic carbocycles. The highest BCUT2D eigenvalue weighted by atomic mass is 19.1. The molecule has 0 saturated heterocycles. The summed E-state index contributed by atoms with van der Waals surface area (Å²) >= 11 is 0. The fourth-order valence-corrected chi connectivity index (χ4v) is 1.76. The third kappa shape index (κ3) is 2.19. The van der Waals surface area contributed by atoms with E-state index in [4.69, 9.17) is 5.73 Å². The first-order chi connectivity index (χ1) is 7.99. The Kier molecular flexibility index (Phi) is 2.93. The van der Waals surface area contributed by atoms with E-state index in [0.29, 0.717) is 5.56 Å². The van der Waals surface area contributed by atoms with Gasteiger partial charge < -0.3 is 5.73 Å². The fourth-order valence-electron chi connectivity index (χ4n) is 1.76. The molecule has 1 heterocycles. The molecular formula is C12H13F2N3. The maximum absolute atomic E-state index is 13.1. The molecule has 90 valence electrons. The second-order valence-corrected chi connectivity index (χ2v) is 3.99. The highest BCUT2D eigenvalue weighted by Crippen LogP contribution is 2.23. The van der Waals surface area contributed by atoms with Gasteiger partial charge in [0.2, 0.25) is 0 Å². The summed E-state index contributed by atoms with van der Waals surface area (Å²) in [6.07, 6.45) is 1.61. The van der Waals surface area contributed by atoms with Gasteiger partial charge in [0.25, 0.3) is 0 Å². The second-order valence-electron chi connectivity index (χ2n) is 3.99. The summed E-state index contributed by atoms with van der Waals surface area (Å²) in [5, 5.41) is 4.06. The van der Waals surface area contributed by atoms with Crippen LogP contribution in [-0.4, -0.2) is 9.78 Å². The zero-order valence-corrected chi connectivity index (χ0v) is 9.61. The van der Waals surface area contributed by atoms with Crippen LogP contribution in [-0.2, 0) is 7.05 Å². The molecule has 1 aromatic heterocycles. The van der Waals surface area contributed by atoms with Crippen LogP contribution in [0.3, 0.4) is 0 Å². The van der Waals surface area contributed by atoms with E-state index in [1.54, 1.807) is 17.9 Å². The zero-order valence-electron chi connectivity index (χ0n) is 9.61. The number of benzene rings is 1. The fraction of sp³-hybridized carbons (Fsp3) is 0.250. The largest absolute Gasteiger partial charge is 0.320 e. The molecule has 2 rings (SSSR count). The molecule has 0 spiro atoms. The van der Waals surface area contributed by atoms with Crippen molar-refractivity contribution in [1.82, 2.24) is 9.78 Å². The third-order valence-electron chi connectivity index (χ3n) is 2.85. The molecule has 5 heteroatoms. The molecule has 2 aromatic rings. The predicted octanol–water partition coefficient (Wildman–Crippen LogP) is 2.05. The van der Waals surface area contributed by atoms with Crippen molar-refractivity contribution in [2.45, 2.75) is 13.0 Å². The molecule has 1 unspecified atom stereocenters. The van der Waals surface area contributed by atoms with Crippen molar-refractivity contribution < 1.29 is 8.78 Å². The number of hydrogen-bond acceptors (Lipinski definition) is 2. The minimum Gasteiger partial charge on any atom is -0.320 e. The van der Waals surface area contributed by atoms with Gasteiger partial charge in [0.05, 0.1) is 12.2 Å². The first kappa shape index (κ1) is 11.7. The normalized spacial score (nSPS) is 12.8. The van der Waals surface area contributed by atoms with Gasteiger partial charge >= 0.3 is 0 Å². The summed E-state index contributed by atoms with van der Waals surface area (Å²) in [6, 6.07) is 2.72. The lowest BCUT2D eigenvalue weighted by Crippen LogP contribution is -2.13. The van der Waals surface area contributed by atoms with E-state index < -0.39 is 17.7 Å². The van der Waals surface area contributed by atoms with Crippen molar-refractivity contribution in [1.29, 1.82) is 0 Å². The van der Waals surface area contributed by atoms with Crippen LogP contribution in [0.25, 0.3) is 0 Å². The van der Waals surface area contributed by atoms with Crippen LogP contribution in [0.4, 0.5) is 8.78 Å². The van der Waals surface area contributed by atoms with Gasteiger partial charge in [0, 0.05) is 24.4 Å². The second kappa shape index (κ2) is 4.25. The van der Waals surface area contributed by atoms with E-state index in [1.807, 2.05) is 6.92 Å². The van der Waals surface area contributed by atoms with Gasteiger partial charge in [-0.05, 0) is 24.6 Å². The van der Waals surface area contributed by atoms with Crippen molar-refractivity contribution in [2.75, 3.05) is 0 Å². The van der Waals surface area contributed by atoms with Crippen LogP contribution in [0.5, 0.6) is 0 Å². The Bertz CT molecular complexity index is 528. The maximum Gasteiger partial charge on any atom is 0.126 e. The Morgan fingerprint density at radius 2 is 1.82 bits per heavy atom. The molecule has 1 aromatic carbocycles. The van der Waals surface area contributed by atoms with Crippen molar-refractivity contribution >= 4 is 0 Å². The molecule has 3 nitrogen and oxygen atoms in total. The van der Waals surface area contributed by atoms with Crippen molar-refractivity contribution in [2.24, 2.45) is 12.8 Å². The number of rotatable bonds is 2. The average Bonchev–Trinajstić information content (AvgIpc) is 2.57. The lowest BCUT2D eigenvalue weighted by molar-refractivity contribution is 0.577. The quantitative estimate of drug-likeness (QED) is 0.868. The Hall–Kier alpha value is -1.75. The number of nitrogens with two attached hydrogens (primary N) is 1. The maximum atomic E-state index is 13.1. The first-order valence-corrected chi connectivity index (χ1v) is 5.19. The van der Waals surface area contributed by atoms with Crippen LogP contribution in [0.1, 0.15) is 22.9 Å². The molecule has 0 amide bonds. The van der Waals surface area contributed by atoms with Gasteiger partial charge in [-0.25, -0.2) is 8.78 Å². The predicted molar refractivity (Wildman–Crippen MR) is 60.3 cm³/mol. The number of aryl methyl sites for hydroxylation is 1. The number of halogens is 2. The summed E-state index contributed by atoms with van der Waals surface area (Å²) in [4.78, 5) is 0. The lowest BCUT2D eigenvalue weighted by Gasteiger charge is -2.12. The zero-order chi connectivity index (χ0) is 12.6. The van der Waals surface area contributed by atoms with E-state index in [9.17, 15) is 8.78 Å². The highest BCUT2D eigenvalue weighted by Gasteiger charge is 2.16. The third-order valence-corrected chi connectivity index (χ3v) is 2.85. The Labute approximate surface area is 97.9 Å². The van der Waals surface area contributed by atoms with Crippen LogP contribution in [0.15, 0.2) is 24.4 Å². The van der Waals surface area contributed by atoms with Gasteiger partial charge in [-0.1, -0.05) is 0 Å². The number of nitrogens with zero attached hydrogens (tertiary/aromatic N) is 2. The van der Waals surface area contributed by atoms with Crippen molar-refractivity contribution in [3.05, 3.63) is 52.9 Å². The molecular weight excluding hydrogens is 224 g/mol. The van der Waals surface area contributed by atoms with E-state index in [1.165, 1.54) is 12.1 Å². The van der Waals surface area contributed by atoms with Gasteiger partial charge in [-0.3, -0.25) is 4.68 Å². The van der Waals surface area contributed by atoms with Crippen molar-refractivity contribution in [3.63, 3.8) is 0 Å². The summed E-state index contributed by atoms with van der Waals surface area (Å²) in [5.74, 6) is -1.26. The van der Waals surface area contributed by atoms with E-state index in [0.717, 1.165) is 17.3 Å². The topological polar surface area (TPSA) is 43.8 Å². The van der Waals surface area contributed by atoms with Crippen LogP contribution >= 0.6 is 0 Å². The SMILES string of the molecule is Cc1c(C(N)c2cc(F)cc(F)c2)cnn1C. The number of hydrogen-bond donors (Lipinski definition) is 1. The van der Waals surface area contributed by atoms with E-state index >= 15 is 0 Å². The molecule has 0 radical (unpaired) electrons. The Morgan fingerprint density at radius 1 is 1.24 bits per heavy atom. The minimum absolute atomic E-state index is 0.401. The van der Waals surface area contributed by atoms with Gasteiger partial charge in [0.1, 0.15) is 11.6 Å². The minimum atomic E-state index is -0.628. The van der Waals surface area contributed by atoms with Gasteiger partial charge in [-0.15, -0.1) is 0 Å². The molecule has 0 saturated carbocycles. The molecule has 17 heavy (non-hydrogen) atoms. The summed E-state index contributed by atoms with van der Waals surface area (Å²) in [7, 11) is 1.79. The Morgan fingerprint density at radius 3 is 2.29 bits per heavy atom. The monoisotopic (exact) mass is 237 g/mol. The lowest BCUT2D eigenvalue weighted by atomic mass is 10.0. The van der Waals surface area contributed by atoms with Crippen molar-refractivity contribution in [3.8, 4) is 0 Å². The average molecular weight is 237 g/mol. The van der Waals surface area contributed by atoms with Crippen LogP contribution < -0.4 is 5.73 Å². The highest BCUT2D eigenvalue weighted by molar-refractivity contribution is 5.33. The summed E-state index contributed by atoms with van der Waals surface area (Å²) in [6.45, 7) is 1.86. The van der Waals surface area contributed by atoms with E-state index in [-0.39, 0.29) is 0 Å². The summed E-state index contributed by atoms with van der Waals surface area (Å²) < 4.78 is 27.9. The van der Waals surface area contributed by atoms with Gasteiger partial charge in [-0.2, -0.15) is 5.10 Å². The molecule has 1 atom stereocenters. The summed E-state index contributed by atoms with van der Waals surface area (Å²) in [5.41, 5.74) is 8.02. The standard InChI is InChI=1S/C12H13F2N3/c1-7-11(6-16-17(7)2)12(15)8-3-9(13)5-10(14)4-8/h3-6,12H,15H2,1-2H3. The molecule has 0 fully saturated rings. The van der Waals surface area contributed by atoms with Crippen LogP contribution in [0.2, 0.25) is 0 Å². The molecule has 0 bridgehead atoms. The molecule has 0 aliphatic heterocycles. The molecule has 0 aliphatic rings. The smallest absolute Gasteiger partial charge is 0.126 e. The first-order valence-electron chi connectivity index (χ1n) is 5.19. The van der Waals surface area contributed by atoms with E-state index in [2.05, 4.69) is 5.10 Å². The Balaban J connectivity index is 2.43. The van der Waals surface area contributed by atoms with Crippen LogP contribution in [0, 0.1) is 18.6 Å². The van der Waals surface area contributed by atoms with Gasteiger partial charge in [0.15, 0.2) is 0 Å². The number of aromatic nitrogens is 2.